The van der Waals surface area contributed by atoms with Crippen molar-refractivity contribution in [3.8, 4) is 27.7 Å². The van der Waals surface area contributed by atoms with Gasteiger partial charge in [0, 0.05) is 39.2 Å². The third-order valence-corrected chi connectivity index (χ3v) is 9.31. The molecule has 0 spiro atoms. The van der Waals surface area contributed by atoms with Crippen molar-refractivity contribution in [2.75, 3.05) is 59.6 Å². The van der Waals surface area contributed by atoms with Gasteiger partial charge in [-0.15, -0.1) is 11.3 Å². The summed E-state index contributed by atoms with van der Waals surface area (Å²) in [5, 5.41) is 0.938. The summed E-state index contributed by atoms with van der Waals surface area (Å²) in [6, 6.07) is 21.6. The quantitative estimate of drug-likeness (QED) is 0.176. The van der Waals surface area contributed by atoms with Crippen molar-refractivity contribution in [1.82, 2.24) is 9.80 Å². The van der Waals surface area contributed by atoms with E-state index in [-0.39, 0.29) is 5.78 Å². The molecule has 0 N–H and O–H groups in total. The molecule has 6 nitrogen and oxygen atoms in total. The van der Waals surface area contributed by atoms with E-state index in [9.17, 15) is 4.79 Å². The number of hydrogen-bond donors (Lipinski definition) is 0. The summed E-state index contributed by atoms with van der Waals surface area (Å²) in [5.41, 5.74) is 2.37. The van der Waals surface area contributed by atoms with Crippen LogP contribution in [-0.4, -0.2) is 75.2 Å². The molecule has 7 heteroatoms. The van der Waals surface area contributed by atoms with Gasteiger partial charge in [0.25, 0.3) is 0 Å². The first-order valence-electron chi connectivity index (χ1n) is 14.7. The number of nitrogens with zero attached hydrogens (tertiary/aromatic N) is 2. The zero-order valence-corrected chi connectivity index (χ0v) is 24.6. The summed E-state index contributed by atoms with van der Waals surface area (Å²) in [6.07, 6.45) is 5.13. The highest BCUT2D eigenvalue weighted by molar-refractivity contribution is 7.22. The SMILES string of the molecule is COc1ccc2c(C(=O)c3ccc(OCCN4CCCC4)cc3)c(-c3ccc(OCCN4CCCC4)cc3)sc2c1. The minimum absolute atomic E-state index is 0.00553. The molecule has 2 saturated heterocycles. The van der Waals surface area contributed by atoms with Gasteiger partial charge < -0.3 is 14.2 Å². The second-order valence-electron chi connectivity index (χ2n) is 10.8. The van der Waals surface area contributed by atoms with Gasteiger partial charge in [0.1, 0.15) is 30.5 Å². The Balaban J connectivity index is 1.20. The highest BCUT2D eigenvalue weighted by Crippen LogP contribution is 2.41. The molecular weight excluding hydrogens is 532 g/mol. The number of carbonyl (C=O) groups excluding carboxylic acids is 1. The standard InChI is InChI=1S/C34H38N2O4S/c1-38-29-14-15-30-31(24-29)41-34(26-8-12-28(13-9-26)40-23-21-36-18-4-5-19-36)32(30)33(37)25-6-10-27(11-7-25)39-22-20-35-16-2-3-17-35/h6-15,24H,2-5,16-23H2,1H3. The number of likely N-dealkylation sites (tertiary alicyclic amines) is 2. The average Bonchev–Trinajstić information content (AvgIpc) is 3.79. The van der Waals surface area contributed by atoms with Gasteiger partial charge in [-0.1, -0.05) is 0 Å². The molecule has 1 aromatic heterocycles. The van der Waals surface area contributed by atoms with E-state index in [1.54, 1.807) is 18.4 Å². The van der Waals surface area contributed by atoms with Crippen LogP contribution in [0.3, 0.4) is 0 Å². The largest absolute Gasteiger partial charge is 0.497 e. The molecule has 0 saturated carbocycles. The molecule has 0 atom stereocenters. The van der Waals surface area contributed by atoms with Gasteiger partial charge in [0.15, 0.2) is 5.78 Å². The normalized spacial score (nSPS) is 15.9. The van der Waals surface area contributed by atoms with Crippen LogP contribution in [0.25, 0.3) is 20.5 Å². The summed E-state index contributed by atoms with van der Waals surface area (Å²) in [7, 11) is 1.67. The molecule has 3 aromatic carbocycles. The highest BCUT2D eigenvalue weighted by Gasteiger charge is 2.22. The van der Waals surface area contributed by atoms with E-state index < -0.39 is 0 Å². The molecule has 41 heavy (non-hydrogen) atoms. The van der Waals surface area contributed by atoms with Gasteiger partial charge in [0.2, 0.25) is 0 Å². The average molecular weight is 571 g/mol. The van der Waals surface area contributed by atoms with Crippen LogP contribution < -0.4 is 14.2 Å². The summed E-state index contributed by atoms with van der Waals surface area (Å²) in [5.74, 6) is 2.43. The van der Waals surface area contributed by atoms with Gasteiger partial charge in [0.05, 0.1) is 7.11 Å². The van der Waals surface area contributed by atoms with Gasteiger partial charge in [-0.2, -0.15) is 0 Å². The Morgan fingerprint density at radius 2 is 1.27 bits per heavy atom. The molecule has 0 amide bonds. The first-order valence-corrected chi connectivity index (χ1v) is 15.6. The number of hydrogen-bond acceptors (Lipinski definition) is 7. The fourth-order valence-corrected chi connectivity index (χ4v) is 7.01. The number of benzene rings is 3. The molecule has 214 valence electrons. The number of fused-ring (bicyclic) bond motifs is 1. The zero-order chi connectivity index (χ0) is 28.0. The van der Waals surface area contributed by atoms with E-state index in [2.05, 4.69) is 21.9 Å². The second-order valence-corrected chi connectivity index (χ2v) is 11.9. The van der Waals surface area contributed by atoms with E-state index in [0.29, 0.717) is 18.8 Å². The molecular formula is C34H38N2O4S. The lowest BCUT2D eigenvalue weighted by Gasteiger charge is -2.15. The van der Waals surface area contributed by atoms with E-state index in [4.69, 9.17) is 14.2 Å². The van der Waals surface area contributed by atoms with Crippen LogP contribution in [-0.2, 0) is 0 Å². The second kappa shape index (κ2) is 13.1. The summed E-state index contributed by atoms with van der Waals surface area (Å²) < 4.78 is 18.5. The maximum Gasteiger partial charge on any atom is 0.195 e. The highest BCUT2D eigenvalue weighted by atomic mass is 32.1. The van der Waals surface area contributed by atoms with Crippen LogP contribution in [0.2, 0.25) is 0 Å². The fourth-order valence-electron chi connectivity index (χ4n) is 5.78. The van der Waals surface area contributed by atoms with Crippen molar-refractivity contribution in [2.45, 2.75) is 25.7 Å². The molecule has 0 radical (unpaired) electrons. The van der Waals surface area contributed by atoms with Crippen LogP contribution >= 0.6 is 11.3 Å². The molecule has 0 bridgehead atoms. The maximum absolute atomic E-state index is 14.0. The van der Waals surface area contributed by atoms with E-state index in [1.165, 1.54) is 38.8 Å². The van der Waals surface area contributed by atoms with Crippen LogP contribution in [0.15, 0.2) is 66.7 Å². The van der Waals surface area contributed by atoms with Gasteiger partial charge in [-0.25, -0.2) is 0 Å². The minimum atomic E-state index is 0.00553. The van der Waals surface area contributed by atoms with Crippen molar-refractivity contribution >= 4 is 27.2 Å². The Morgan fingerprint density at radius 1 is 0.732 bits per heavy atom. The first kappa shape index (κ1) is 27.8. The van der Waals surface area contributed by atoms with Gasteiger partial charge in [-0.3, -0.25) is 14.6 Å². The molecule has 6 rings (SSSR count). The molecule has 2 aliphatic heterocycles. The number of rotatable bonds is 12. The smallest absolute Gasteiger partial charge is 0.195 e. The number of thiophene rings is 1. The Hall–Kier alpha value is -3.39. The fraction of sp³-hybridized carbons (Fsp3) is 0.382. The number of ketones is 1. The van der Waals surface area contributed by atoms with Crippen molar-refractivity contribution in [1.29, 1.82) is 0 Å². The monoisotopic (exact) mass is 570 g/mol. The van der Waals surface area contributed by atoms with Crippen molar-refractivity contribution in [3.63, 3.8) is 0 Å². The van der Waals surface area contributed by atoms with E-state index in [1.807, 2.05) is 54.6 Å². The summed E-state index contributed by atoms with van der Waals surface area (Å²) in [6.45, 7) is 7.91. The van der Waals surface area contributed by atoms with Crippen LogP contribution in [0.4, 0.5) is 0 Å². The topological polar surface area (TPSA) is 51.2 Å². The lowest BCUT2D eigenvalue weighted by molar-refractivity contribution is 0.104. The number of methoxy groups -OCH3 is 1. The van der Waals surface area contributed by atoms with Gasteiger partial charge in [-0.05, 0) is 124 Å². The maximum atomic E-state index is 14.0. The van der Waals surface area contributed by atoms with Crippen LogP contribution in [0.5, 0.6) is 17.2 Å². The molecule has 2 aliphatic rings. The lowest BCUT2D eigenvalue weighted by Crippen LogP contribution is -2.25. The predicted octanol–water partition coefficient (Wildman–Crippen LogP) is 6.76. The van der Waals surface area contributed by atoms with Crippen LogP contribution in [0.1, 0.15) is 41.6 Å². The minimum Gasteiger partial charge on any atom is -0.497 e. The molecule has 2 fully saturated rings. The van der Waals surface area contributed by atoms with Crippen molar-refractivity contribution < 1.29 is 19.0 Å². The summed E-state index contributed by atoms with van der Waals surface area (Å²) >= 11 is 1.62. The Kier molecular flexibility index (Phi) is 8.85. The Labute approximate surface area is 246 Å². The number of ether oxygens (including phenoxy) is 3. The Bertz CT molecular complexity index is 1450. The molecule has 0 aliphatic carbocycles. The van der Waals surface area contributed by atoms with Crippen LogP contribution in [0, 0.1) is 0 Å². The van der Waals surface area contributed by atoms with Crippen molar-refractivity contribution in [3.05, 3.63) is 77.9 Å². The Morgan fingerprint density at radius 3 is 1.83 bits per heavy atom. The number of carbonyl (C=O) groups is 1. The first-order chi connectivity index (χ1) is 20.2. The lowest BCUT2D eigenvalue weighted by atomic mass is 9.97. The molecule has 4 aromatic rings. The van der Waals surface area contributed by atoms with E-state index >= 15 is 0 Å². The third kappa shape index (κ3) is 6.58. The van der Waals surface area contributed by atoms with Gasteiger partial charge >= 0.3 is 0 Å². The van der Waals surface area contributed by atoms with Crippen molar-refractivity contribution in [2.24, 2.45) is 0 Å². The molecule has 0 unspecified atom stereocenters. The predicted molar refractivity (Wildman–Crippen MR) is 166 cm³/mol. The zero-order valence-electron chi connectivity index (χ0n) is 23.8. The summed E-state index contributed by atoms with van der Waals surface area (Å²) in [4.78, 5) is 19.8. The molecule has 3 heterocycles. The van der Waals surface area contributed by atoms with E-state index in [0.717, 1.165) is 69.5 Å². The third-order valence-electron chi connectivity index (χ3n) is 8.11.